The molecule has 0 saturated heterocycles. The first-order valence-electron chi connectivity index (χ1n) is 14.5. The topological polar surface area (TPSA) is 150 Å². The fourth-order valence-corrected chi connectivity index (χ4v) is 8.44. The standard InChI is InChI=1S/C30H35FN6O4S2/c1-4-21-25-23(9-10-32-21)42-29(36-25)24-16(3)34-30(33-13-17-5-6-17)37-28(24)35-22-12-18(26(38)27(22)39)14-43(40,41)19-7-8-20(31)15(2)11-19/h7-11,17-18,22,26-27,38-39H,4-6,12-14H2,1-3H3,(H2,33,34,35,37)/t18-,22-,26-,27+/m1/s1. The number of sulfone groups is 1. The summed E-state index contributed by atoms with van der Waals surface area (Å²) in [5.74, 6) is -0.123. The number of anilines is 2. The van der Waals surface area contributed by atoms with Gasteiger partial charge in [-0.15, -0.1) is 11.3 Å². The third-order valence-electron chi connectivity index (χ3n) is 8.31. The molecule has 13 heteroatoms. The summed E-state index contributed by atoms with van der Waals surface area (Å²) in [6, 6.07) is 4.89. The average Bonchev–Trinajstić information content (AvgIpc) is 3.65. The van der Waals surface area contributed by atoms with Crippen LogP contribution >= 0.6 is 11.3 Å². The van der Waals surface area contributed by atoms with E-state index in [0.29, 0.717) is 33.9 Å². The number of halogens is 1. The first-order chi connectivity index (χ1) is 20.5. The second-order valence-corrected chi connectivity index (χ2v) is 14.6. The first kappa shape index (κ1) is 29.8. The van der Waals surface area contributed by atoms with E-state index >= 15 is 0 Å². The van der Waals surface area contributed by atoms with Gasteiger partial charge in [-0.05, 0) is 75.3 Å². The van der Waals surface area contributed by atoms with Crippen LogP contribution < -0.4 is 10.6 Å². The molecule has 10 nitrogen and oxygen atoms in total. The molecule has 0 bridgehead atoms. The highest BCUT2D eigenvalue weighted by atomic mass is 32.2. The molecule has 0 unspecified atom stereocenters. The molecule has 2 saturated carbocycles. The van der Waals surface area contributed by atoms with E-state index in [-0.39, 0.29) is 22.6 Å². The fraction of sp³-hybridized carbons (Fsp3) is 0.467. The lowest BCUT2D eigenvalue weighted by Gasteiger charge is -2.21. The van der Waals surface area contributed by atoms with E-state index in [1.165, 1.54) is 43.2 Å². The molecule has 2 aliphatic rings. The normalized spacial score (nSPS) is 22.3. The van der Waals surface area contributed by atoms with Crippen molar-refractivity contribution in [1.82, 2.24) is 19.9 Å². The van der Waals surface area contributed by atoms with Crippen LogP contribution in [0.25, 0.3) is 20.8 Å². The second-order valence-electron chi connectivity index (χ2n) is 11.6. The molecule has 3 heterocycles. The summed E-state index contributed by atoms with van der Waals surface area (Å²) in [6.45, 7) is 6.18. The summed E-state index contributed by atoms with van der Waals surface area (Å²) in [6.07, 6.45) is 2.50. The number of aryl methyl sites for hydroxylation is 3. The Labute approximate surface area is 253 Å². The number of hydrogen-bond donors (Lipinski definition) is 4. The van der Waals surface area contributed by atoms with E-state index in [0.717, 1.165) is 34.9 Å². The number of pyridine rings is 1. The molecule has 2 fully saturated rings. The van der Waals surface area contributed by atoms with Crippen molar-refractivity contribution in [3.8, 4) is 10.6 Å². The number of thiazole rings is 1. The van der Waals surface area contributed by atoms with Gasteiger partial charge in [0.25, 0.3) is 0 Å². The van der Waals surface area contributed by atoms with Gasteiger partial charge in [-0.2, -0.15) is 4.98 Å². The van der Waals surface area contributed by atoms with Gasteiger partial charge in [0, 0.05) is 18.7 Å². The van der Waals surface area contributed by atoms with E-state index in [1.807, 2.05) is 19.9 Å². The van der Waals surface area contributed by atoms with Gasteiger partial charge in [0.2, 0.25) is 5.95 Å². The summed E-state index contributed by atoms with van der Waals surface area (Å²) in [5.41, 5.74) is 3.32. The SMILES string of the molecule is CCc1nccc2sc(-c3c(C)nc(NCC4CC4)nc3N[C@@H]3C[C@H](CS(=O)(=O)c4ccc(F)c(C)c4)[C@@H](O)[C@H]3O)nc12. The van der Waals surface area contributed by atoms with Crippen molar-refractivity contribution in [2.75, 3.05) is 22.9 Å². The van der Waals surface area contributed by atoms with Gasteiger partial charge in [0.1, 0.15) is 28.3 Å². The highest BCUT2D eigenvalue weighted by molar-refractivity contribution is 7.91. The van der Waals surface area contributed by atoms with E-state index in [4.69, 9.17) is 15.0 Å². The Morgan fingerprint density at radius 1 is 1.09 bits per heavy atom. The van der Waals surface area contributed by atoms with Gasteiger partial charge < -0.3 is 20.8 Å². The maximum absolute atomic E-state index is 13.8. The van der Waals surface area contributed by atoms with E-state index < -0.39 is 39.8 Å². The monoisotopic (exact) mass is 626 g/mol. The zero-order valence-corrected chi connectivity index (χ0v) is 25.8. The number of aromatic nitrogens is 4. The molecular formula is C30H35FN6O4S2. The predicted octanol–water partition coefficient (Wildman–Crippen LogP) is 4.28. The molecule has 6 rings (SSSR count). The minimum atomic E-state index is -3.85. The molecule has 0 radical (unpaired) electrons. The van der Waals surface area contributed by atoms with Crippen molar-refractivity contribution in [2.24, 2.45) is 11.8 Å². The van der Waals surface area contributed by atoms with Gasteiger partial charge in [0.15, 0.2) is 9.84 Å². The lowest BCUT2D eigenvalue weighted by molar-refractivity contribution is 0.0216. The Kier molecular flexibility index (Phi) is 8.09. The Morgan fingerprint density at radius 3 is 2.60 bits per heavy atom. The van der Waals surface area contributed by atoms with Crippen molar-refractivity contribution in [1.29, 1.82) is 0 Å². The highest BCUT2D eigenvalue weighted by Crippen LogP contribution is 2.39. The Morgan fingerprint density at radius 2 is 1.88 bits per heavy atom. The fourth-order valence-electron chi connectivity index (χ4n) is 5.64. The van der Waals surface area contributed by atoms with Crippen LogP contribution in [0, 0.1) is 31.5 Å². The second kappa shape index (κ2) is 11.7. The number of aliphatic hydroxyl groups is 2. The number of nitrogens with one attached hydrogen (secondary N) is 2. The molecule has 0 spiro atoms. The van der Waals surface area contributed by atoms with Crippen LogP contribution in [0.3, 0.4) is 0 Å². The maximum Gasteiger partial charge on any atom is 0.224 e. The quantitative estimate of drug-likeness (QED) is 0.188. The molecular weight excluding hydrogens is 592 g/mol. The van der Waals surface area contributed by atoms with E-state index in [2.05, 4.69) is 15.6 Å². The summed E-state index contributed by atoms with van der Waals surface area (Å²) >= 11 is 1.50. The lowest BCUT2D eigenvalue weighted by atomic mass is 10.1. The minimum absolute atomic E-state index is 0.0126. The smallest absolute Gasteiger partial charge is 0.224 e. The lowest BCUT2D eigenvalue weighted by Crippen LogP contribution is -2.36. The first-order valence-corrected chi connectivity index (χ1v) is 17.0. The Balaban J connectivity index is 1.31. The molecule has 2 aliphatic carbocycles. The summed E-state index contributed by atoms with van der Waals surface area (Å²) in [5, 5.41) is 29.3. The van der Waals surface area contributed by atoms with Crippen LogP contribution in [-0.4, -0.2) is 69.1 Å². The number of hydrogen-bond acceptors (Lipinski definition) is 11. The van der Waals surface area contributed by atoms with Crippen molar-refractivity contribution < 1.29 is 23.0 Å². The third kappa shape index (κ3) is 6.08. The van der Waals surface area contributed by atoms with Crippen molar-refractivity contribution in [2.45, 2.75) is 69.6 Å². The summed E-state index contributed by atoms with van der Waals surface area (Å²) in [7, 11) is -3.85. The third-order valence-corrected chi connectivity index (χ3v) is 11.2. The van der Waals surface area contributed by atoms with Crippen LogP contribution in [0.2, 0.25) is 0 Å². The van der Waals surface area contributed by atoms with Crippen molar-refractivity contribution >= 4 is 43.2 Å². The van der Waals surface area contributed by atoms with Crippen LogP contribution in [0.1, 0.15) is 43.1 Å². The largest absolute Gasteiger partial charge is 0.390 e. The number of benzene rings is 1. The van der Waals surface area contributed by atoms with Gasteiger partial charge in [0.05, 0.1) is 44.4 Å². The zero-order valence-electron chi connectivity index (χ0n) is 24.2. The van der Waals surface area contributed by atoms with Crippen LogP contribution in [0.5, 0.6) is 0 Å². The molecule has 43 heavy (non-hydrogen) atoms. The van der Waals surface area contributed by atoms with Crippen LogP contribution in [-0.2, 0) is 16.3 Å². The number of nitrogens with zero attached hydrogens (tertiary/aromatic N) is 4. The molecule has 1 aromatic carbocycles. The van der Waals surface area contributed by atoms with Crippen LogP contribution in [0.4, 0.5) is 16.2 Å². The average molecular weight is 627 g/mol. The van der Waals surface area contributed by atoms with Gasteiger partial charge in [-0.3, -0.25) is 4.98 Å². The number of fused-ring (bicyclic) bond motifs is 1. The molecule has 3 aromatic heterocycles. The molecule has 0 aliphatic heterocycles. The molecule has 4 N–H and O–H groups in total. The van der Waals surface area contributed by atoms with Crippen molar-refractivity contribution in [3.05, 3.63) is 53.2 Å². The molecule has 228 valence electrons. The van der Waals surface area contributed by atoms with Gasteiger partial charge >= 0.3 is 0 Å². The number of aliphatic hydroxyl groups excluding tert-OH is 2. The maximum atomic E-state index is 13.8. The van der Waals surface area contributed by atoms with Gasteiger partial charge in [-0.1, -0.05) is 6.92 Å². The summed E-state index contributed by atoms with van der Waals surface area (Å²) < 4.78 is 41.1. The Hall–Kier alpha value is -3.26. The minimum Gasteiger partial charge on any atom is -0.390 e. The van der Waals surface area contributed by atoms with Crippen molar-refractivity contribution in [3.63, 3.8) is 0 Å². The number of rotatable bonds is 10. The predicted molar refractivity (Wildman–Crippen MR) is 164 cm³/mol. The zero-order chi connectivity index (χ0) is 30.5. The molecule has 4 aromatic rings. The van der Waals surface area contributed by atoms with E-state index in [1.54, 1.807) is 6.20 Å². The molecule has 4 atom stereocenters. The highest BCUT2D eigenvalue weighted by Gasteiger charge is 2.44. The summed E-state index contributed by atoms with van der Waals surface area (Å²) in [4.78, 5) is 18.9. The van der Waals surface area contributed by atoms with Crippen LogP contribution in [0.15, 0.2) is 35.4 Å². The van der Waals surface area contributed by atoms with Gasteiger partial charge in [-0.25, -0.2) is 22.8 Å². The molecule has 0 amide bonds. The Bertz CT molecular complexity index is 1780. The van der Waals surface area contributed by atoms with E-state index in [9.17, 15) is 23.0 Å².